The Balaban J connectivity index is 3.16. The number of benzene rings is 1. The lowest BCUT2D eigenvalue weighted by Gasteiger charge is -2.32. The third-order valence-corrected chi connectivity index (χ3v) is 6.99. The van der Waals surface area contributed by atoms with Crippen LogP contribution in [-0.4, -0.2) is 89.7 Å². The number of phenolic OH excluding ortho intramolecular Hbond substituents is 1. The molecule has 5 amide bonds. The number of carbonyl (C=O) groups excluding carboxylic acids is 5. The third kappa shape index (κ3) is 14.8. The molecular formula is C28H47N11O6. The van der Waals surface area contributed by atoms with Gasteiger partial charge >= 0.3 is 0 Å². The Bertz CT molecular complexity index is 1190. The van der Waals surface area contributed by atoms with E-state index in [1.165, 1.54) is 19.2 Å². The molecule has 0 aliphatic carbocycles. The zero-order valence-corrected chi connectivity index (χ0v) is 25.7. The molecule has 0 saturated carbocycles. The highest BCUT2D eigenvalue weighted by Crippen LogP contribution is 2.15. The van der Waals surface area contributed by atoms with E-state index in [-0.39, 0.29) is 56.3 Å². The van der Waals surface area contributed by atoms with Crippen molar-refractivity contribution < 1.29 is 29.1 Å². The van der Waals surface area contributed by atoms with E-state index in [1.807, 2.05) is 0 Å². The number of hydrogen-bond donors (Lipinski definition) is 11. The summed E-state index contributed by atoms with van der Waals surface area (Å²) in [7, 11) is 1.37. The van der Waals surface area contributed by atoms with Gasteiger partial charge in [-0.15, -0.1) is 0 Å². The van der Waals surface area contributed by atoms with Gasteiger partial charge in [0.25, 0.3) is 0 Å². The molecule has 4 atom stereocenters. The summed E-state index contributed by atoms with van der Waals surface area (Å²) in [5, 5.41) is 34.6. The predicted octanol–water partition coefficient (Wildman–Crippen LogP) is -2.36. The molecule has 2 unspecified atom stereocenters. The SMILES string of the molecule is C[C@@H](CCCNC(=N)N)C(=O)NC(CCC(N)=O)C(=O)N(C)[C@@H](CCCNC(=N)N)C(=O)NC(Cc1ccc(O)cc1)C(N)=O. The standard InChI is InChI=1S/C28H47N11O6/c1-16(5-3-13-35-27(31)32)24(43)37-19(11-12-22(29)41)26(45)39(2)21(6-4-14-36-28(33)34)25(44)38-20(23(30)42)15-17-7-9-18(40)10-8-17/h7-10,16,19-21,40H,3-6,11-15H2,1-2H3,(H2,29,41)(H2,30,42)(H,37,43)(H,38,44)(H4,31,32,35)(H4,33,34,36)/t16-,19?,20?,21-/m0/s1. The van der Waals surface area contributed by atoms with Gasteiger partial charge in [0, 0.05) is 38.9 Å². The van der Waals surface area contributed by atoms with Gasteiger partial charge < -0.3 is 54.2 Å². The van der Waals surface area contributed by atoms with E-state index in [1.54, 1.807) is 19.1 Å². The predicted molar refractivity (Wildman–Crippen MR) is 167 cm³/mol. The largest absolute Gasteiger partial charge is 0.508 e. The Labute approximate surface area is 262 Å². The molecule has 0 radical (unpaired) electrons. The number of rotatable bonds is 20. The van der Waals surface area contributed by atoms with Crippen LogP contribution in [0, 0.1) is 16.7 Å². The molecule has 1 aromatic rings. The summed E-state index contributed by atoms with van der Waals surface area (Å²) in [5.74, 6) is -4.28. The average Bonchev–Trinajstić information content (AvgIpc) is 2.96. The quantitative estimate of drug-likeness (QED) is 0.0412. The highest BCUT2D eigenvalue weighted by atomic mass is 16.3. The van der Waals surface area contributed by atoms with Gasteiger partial charge in [0.15, 0.2) is 11.9 Å². The van der Waals surface area contributed by atoms with Gasteiger partial charge in [0.2, 0.25) is 29.5 Å². The maximum atomic E-state index is 13.7. The zero-order chi connectivity index (χ0) is 34.1. The number of amides is 5. The van der Waals surface area contributed by atoms with Crippen molar-refractivity contribution in [1.82, 2.24) is 26.2 Å². The fraction of sp³-hybridized carbons (Fsp3) is 0.536. The number of carbonyl (C=O) groups is 5. The molecular weight excluding hydrogens is 586 g/mol. The maximum absolute atomic E-state index is 13.7. The fourth-order valence-electron chi connectivity index (χ4n) is 4.40. The number of guanidine groups is 2. The first-order valence-corrected chi connectivity index (χ1v) is 14.5. The van der Waals surface area contributed by atoms with Gasteiger partial charge in [-0.25, -0.2) is 0 Å². The normalized spacial score (nSPS) is 13.3. The van der Waals surface area contributed by atoms with Gasteiger partial charge in [-0.05, 0) is 49.8 Å². The molecule has 45 heavy (non-hydrogen) atoms. The molecule has 17 heteroatoms. The van der Waals surface area contributed by atoms with Gasteiger partial charge in [-0.2, -0.15) is 0 Å². The van der Waals surface area contributed by atoms with Gasteiger partial charge in [0.1, 0.15) is 23.9 Å². The van der Waals surface area contributed by atoms with Crippen molar-refractivity contribution in [3.05, 3.63) is 29.8 Å². The first-order valence-electron chi connectivity index (χ1n) is 14.5. The summed E-state index contributed by atoms with van der Waals surface area (Å²) < 4.78 is 0. The zero-order valence-electron chi connectivity index (χ0n) is 25.7. The molecule has 250 valence electrons. The first-order chi connectivity index (χ1) is 21.1. The summed E-state index contributed by atoms with van der Waals surface area (Å²) in [5.41, 5.74) is 22.1. The molecule has 0 aliphatic rings. The minimum Gasteiger partial charge on any atom is -0.508 e. The van der Waals surface area contributed by atoms with Crippen molar-refractivity contribution in [2.75, 3.05) is 20.1 Å². The number of nitrogens with one attached hydrogen (secondary N) is 6. The van der Waals surface area contributed by atoms with E-state index in [0.717, 1.165) is 4.90 Å². The van der Waals surface area contributed by atoms with Crippen molar-refractivity contribution in [3.8, 4) is 5.75 Å². The van der Waals surface area contributed by atoms with Crippen molar-refractivity contribution in [3.63, 3.8) is 0 Å². The van der Waals surface area contributed by atoms with Gasteiger partial charge in [-0.3, -0.25) is 34.8 Å². The van der Waals surface area contributed by atoms with Crippen LogP contribution in [0.1, 0.15) is 51.0 Å². The van der Waals surface area contributed by atoms with E-state index in [9.17, 15) is 29.1 Å². The number of likely N-dealkylation sites (N-methyl/N-ethyl adjacent to an activating group) is 1. The minimum absolute atomic E-state index is 0.0226. The Kier molecular flexibility index (Phi) is 16.2. The number of hydrogen-bond acceptors (Lipinski definition) is 8. The second-order valence-corrected chi connectivity index (χ2v) is 10.7. The van der Waals surface area contributed by atoms with Crippen molar-refractivity contribution in [2.45, 2.75) is 70.0 Å². The molecule has 15 N–H and O–H groups in total. The van der Waals surface area contributed by atoms with Crippen LogP contribution in [0.5, 0.6) is 5.75 Å². The summed E-state index contributed by atoms with van der Waals surface area (Å²) >= 11 is 0. The van der Waals surface area contributed by atoms with E-state index in [2.05, 4.69) is 21.3 Å². The molecule has 0 aromatic heterocycles. The highest BCUT2D eigenvalue weighted by molar-refractivity contribution is 5.94. The van der Waals surface area contributed by atoms with E-state index < -0.39 is 53.6 Å². The van der Waals surface area contributed by atoms with Gasteiger partial charge in [0.05, 0.1) is 0 Å². The Morgan fingerprint density at radius 3 is 1.87 bits per heavy atom. The Morgan fingerprint density at radius 2 is 1.36 bits per heavy atom. The van der Waals surface area contributed by atoms with Crippen LogP contribution >= 0.6 is 0 Å². The van der Waals surface area contributed by atoms with E-state index in [0.29, 0.717) is 24.9 Å². The molecule has 0 bridgehead atoms. The lowest BCUT2D eigenvalue weighted by atomic mass is 10.0. The Hall–Kier alpha value is -5.09. The van der Waals surface area contributed by atoms with Crippen LogP contribution in [0.4, 0.5) is 0 Å². The summed E-state index contributed by atoms with van der Waals surface area (Å²) in [6, 6.07) is 2.52. The Morgan fingerprint density at radius 1 is 0.822 bits per heavy atom. The topological polar surface area (TPSA) is 309 Å². The lowest BCUT2D eigenvalue weighted by Crippen LogP contribution is -2.57. The lowest BCUT2D eigenvalue weighted by molar-refractivity contribution is -0.143. The highest BCUT2D eigenvalue weighted by Gasteiger charge is 2.34. The second-order valence-electron chi connectivity index (χ2n) is 10.7. The molecule has 1 aromatic carbocycles. The number of nitrogens with zero attached hydrogens (tertiary/aromatic N) is 1. The van der Waals surface area contributed by atoms with Crippen LogP contribution in [0.3, 0.4) is 0 Å². The van der Waals surface area contributed by atoms with Crippen molar-refractivity contribution in [2.24, 2.45) is 28.9 Å². The fourth-order valence-corrected chi connectivity index (χ4v) is 4.40. The molecule has 0 fully saturated rings. The third-order valence-electron chi connectivity index (χ3n) is 6.99. The first kappa shape index (κ1) is 37.9. The van der Waals surface area contributed by atoms with Crippen LogP contribution in [0.15, 0.2) is 24.3 Å². The molecule has 0 heterocycles. The molecule has 0 aliphatic heterocycles. The van der Waals surface area contributed by atoms with Crippen molar-refractivity contribution in [1.29, 1.82) is 10.8 Å². The average molecular weight is 634 g/mol. The maximum Gasteiger partial charge on any atom is 0.245 e. The minimum atomic E-state index is -1.19. The van der Waals surface area contributed by atoms with Crippen LogP contribution in [0.2, 0.25) is 0 Å². The van der Waals surface area contributed by atoms with E-state index >= 15 is 0 Å². The van der Waals surface area contributed by atoms with Gasteiger partial charge in [-0.1, -0.05) is 19.1 Å². The number of primary amides is 2. The number of phenols is 1. The summed E-state index contributed by atoms with van der Waals surface area (Å²) in [6.45, 7) is 2.26. The molecule has 17 nitrogen and oxygen atoms in total. The number of aromatic hydroxyl groups is 1. The monoisotopic (exact) mass is 633 g/mol. The van der Waals surface area contributed by atoms with Crippen LogP contribution in [-0.2, 0) is 30.4 Å². The van der Waals surface area contributed by atoms with E-state index in [4.69, 9.17) is 33.8 Å². The second kappa shape index (κ2) is 19.2. The van der Waals surface area contributed by atoms with Crippen molar-refractivity contribution >= 4 is 41.5 Å². The van der Waals surface area contributed by atoms with Crippen LogP contribution < -0.4 is 44.2 Å². The molecule has 1 rings (SSSR count). The summed E-state index contributed by atoms with van der Waals surface area (Å²) in [4.78, 5) is 65.2. The molecule has 0 spiro atoms. The smallest absolute Gasteiger partial charge is 0.245 e. The van der Waals surface area contributed by atoms with Crippen LogP contribution in [0.25, 0.3) is 0 Å². The number of nitrogens with two attached hydrogens (primary N) is 4. The summed E-state index contributed by atoms with van der Waals surface area (Å²) in [6.07, 6.45) is 1.01. The molecule has 0 saturated heterocycles.